The fourth-order valence-corrected chi connectivity index (χ4v) is 0.979. The second-order valence-corrected chi connectivity index (χ2v) is 3.05. The number of hydrogen-bond acceptors (Lipinski definition) is 1. The molecule has 1 heteroatoms. The summed E-state index contributed by atoms with van der Waals surface area (Å²) in [6.45, 7) is 12.6. The van der Waals surface area contributed by atoms with Gasteiger partial charge < -0.3 is 5.32 Å². The molecule has 0 aliphatic rings. The summed E-state index contributed by atoms with van der Waals surface area (Å²) >= 11 is 0. The Labute approximate surface area is 81.5 Å². The van der Waals surface area contributed by atoms with Crippen LogP contribution in [0.25, 0.3) is 0 Å². The van der Waals surface area contributed by atoms with E-state index < -0.39 is 0 Å². The van der Waals surface area contributed by atoms with Crippen LogP contribution in [0.1, 0.15) is 13.8 Å². The predicted octanol–water partition coefficient (Wildman–Crippen LogP) is 2.84. The van der Waals surface area contributed by atoms with Crippen molar-refractivity contribution in [3.63, 3.8) is 0 Å². The lowest BCUT2D eigenvalue weighted by atomic mass is 10.1. The molecule has 0 amide bonds. The summed E-state index contributed by atoms with van der Waals surface area (Å²) in [5.41, 5.74) is 3.32. The van der Waals surface area contributed by atoms with Gasteiger partial charge in [0.05, 0.1) is 0 Å². The van der Waals surface area contributed by atoms with Gasteiger partial charge in [0.2, 0.25) is 0 Å². The highest BCUT2D eigenvalue weighted by atomic mass is 14.8. The minimum Gasteiger partial charge on any atom is -0.316 e. The molecule has 0 spiro atoms. The van der Waals surface area contributed by atoms with Gasteiger partial charge >= 0.3 is 0 Å². The number of allylic oxidation sites excluding steroid dienone is 4. The van der Waals surface area contributed by atoms with Crippen molar-refractivity contribution in [2.24, 2.45) is 0 Å². The Bertz CT molecular complexity index is 244. The first-order chi connectivity index (χ1) is 6.11. The second-order valence-electron chi connectivity index (χ2n) is 3.05. The zero-order valence-corrected chi connectivity index (χ0v) is 8.85. The number of likely N-dealkylation sites (N-methyl/N-ethyl adjacent to an activating group) is 1. The summed E-state index contributed by atoms with van der Waals surface area (Å²) in [7, 11) is 1.91. The second kappa shape index (κ2) is 6.44. The molecule has 0 atom stereocenters. The molecular formula is C12H19N. The van der Waals surface area contributed by atoms with Crippen molar-refractivity contribution in [2.45, 2.75) is 13.8 Å². The highest BCUT2D eigenvalue weighted by Gasteiger charge is 1.90. The van der Waals surface area contributed by atoms with Gasteiger partial charge in [0.15, 0.2) is 0 Å². The van der Waals surface area contributed by atoms with Crippen LogP contribution in [-0.4, -0.2) is 13.6 Å². The smallest absolute Gasteiger partial charge is 0.0196 e. The van der Waals surface area contributed by atoms with E-state index in [-0.39, 0.29) is 0 Å². The molecule has 0 saturated carbocycles. The average molecular weight is 177 g/mol. The van der Waals surface area contributed by atoms with Crippen molar-refractivity contribution in [1.29, 1.82) is 0 Å². The molecule has 0 saturated heterocycles. The Morgan fingerprint density at radius 1 is 1.31 bits per heavy atom. The third-order valence-corrected chi connectivity index (χ3v) is 1.71. The van der Waals surface area contributed by atoms with E-state index in [1.54, 1.807) is 0 Å². The minimum atomic E-state index is 0.823. The van der Waals surface area contributed by atoms with Crippen LogP contribution >= 0.6 is 0 Å². The first-order valence-electron chi connectivity index (χ1n) is 4.44. The average Bonchev–Trinajstić information content (AvgIpc) is 2.05. The quantitative estimate of drug-likeness (QED) is 0.637. The van der Waals surface area contributed by atoms with E-state index in [0.717, 1.165) is 23.3 Å². The molecule has 1 N–H and O–H groups in total. The van der Waals surface area contributed by atoms with E-state index in [4.69, 9.17) is 0 Å². The SMILES string of the molecule is C=C(C=CC(=CC)C(=C)C)CNC. The monoisotopic (exact) mass is 177 g/mol. The van der Waals surface area contributed by atoms with Gasteiger partial charge in [-0.3, -0.25) is 0 Å². The molecular weight excluding hydrogens is 158 g/mol. The molecule has 0 aromatic rings. The zero-order chi connectivity index (χ0) is 10.3. The summed E-state index contributed by atoms with van der Waals surface area (Å²) in [6.07, 6.45) is 6.11. The molecule has 0 unspecified atom stereocenters. The van der Waals surface area contributed by atoms with Crippen LogP contribution < -0.4 is 5.32 Å². The Morgan fingerprint density at radius 2 is 1.92 bits per heavy atom. The minimum absolute atomic E-state index is 0.823. The lowest BCUT2D eigenvalue weighted by molar-refractivity contribution is 0.898. The number of hydrogen-bond donors (Lipinski definition) is 1. The van der Waals surface area contributed by atoms with E-state index >= 15 is 0 Å². The number of nitrogens with one attached hydrogen (secondary N) is 1. The molecule has 1 nitrogen and oxygen atoms in total. The largest absolute Gasteiger partial charge is 0.316 e. The van der Waals surface area contributed by atoms with Crippen LogP contribution in [0.4, 0.5) is 0 Å². The van der Waals surface area contributed by atoms with Crippen LogP contribution in [0.5, 0.6) is 0 Å². The van der Waals surface area contributed by atoms with E-state index in [9.17, 15) is 0 Å². The van der Waals surface area contributed by atoms with Crippen molar-refractivity contribution < 1.29 is 0 Å². The van der Waals surface area contributed by atoms with Gasteiger partial charge in [0.25, 0.3) is 0 Å². The topological polar surface area (TPSA) is 12.0 Å². The third-order valence-electron chi connectivity index (χ3n) is 1.71. The molecule has 0 aromatic heterocycles. The van der Waals surface area contributed by atoms with E-state index in [1.807, 2.05) is 39.1 Å². The fraction of sp³-hybridized carbons (Fsp3) is 0.333. The molecule has 0 aromatic carbocycles. The van der Waals surface area contributed by atoms with Crippen LogP contribution in [0.3, 0.4) is 0 Å². The first-order valence-corrected chi connectivity index (χ1v) is 4.44. The summed E-state index contributed by atoms with van der Waals surface area (Å²) < 4.78 is 0. The Balaban J connectivity index is 4.25. The van der Waals surface area contributed by atoms with Gasteiger partial charge in [-0.05, 0) is 32.0 Å². The van der Waals surface area contributed by atoms with E-state index in [0.29, 0.717) is 0 Å². The lowest BCUT2D eigenvalue weighted by Crippen LogP contribution is -2.08. The van der Waals surface area contributed by atoms with Crippen molar-refractivity contribution in [3.8, 4) is 0 Å². The fourth-order valence-electron chi connectivity index (χ4n) is 0.979. The van der Waals surface area contributed by atoms with Crippen molar-refractivity contribution in [3.05, 3.63) is 48.1 Å². The Kier molecular flexibility index (Phi) is 5.90. The van der Waals surface area contributed by atoms with Gasteiger partial charge in [-0.1, -0.05) is 37.0 Å². The number of rotatable bonds is 5. The molecule has 0 fully saturated rings. The highest BCUT2D eigenvalue weighted by molar-refractivity contribution is 5.38. The molecule has 0 radical (unpaired) electrons. The van der Waals surface area contributed by atoms with Gasteiger partial charge in [-0.25, -0.2) is 0 Å². The maximum atomic E-state index is 3.90. The summed E-state index contributed by atoms with van der Waals surface area (Å²) in [6, 6.07) is 0. The van der Waals surface area contributed by atoms with Crippen LogP contribution in [0, 0.1) is 0 Å². The molecule has 0 bridgehead atoms. The molecule has 0 heterocycles. The molecule has 0 aliphatic carbocycles. The van der Waals surface area contributed by atoms with Crippen LogP contribution in [-0.2, 0) is 0 Å². The Morgan fingerprint density at radius 3 is 2.31 bits per heavy atom. The molecule has 72 valence electrons. The van der Waals surface area contributed by atoms with Gasteiger partial charge in [-0.2, -0.15) is 0 Å². The van der Waals surface area contributed by atoms with E-state index in [1.165, 1.54) is 0 Å². The maximum absolute atomic E-state index is 3.90. The maximum Gasteiger partial charge on any atom is 0.0196 e. The van der Waals surface area contributed by atoms with Crippen LogP contribution in [0.15, 0.2) is 48.1 Å². The van der Waals surface area contributed by atoms with Crippen molar-refractivity contribution >= 4 is 0 Å². The standard InChI is InChI=1S/C12H19N/c1-6-12(10(2)3)8-7-11(4)9-13-5/h6-8,13H,2,4,9H2,1,3,5H3. The van der Waals surface area contributed by atoms with E-state index in [2.05, 4.69) is 18.5 Å². The first kappa shape index (κ1) is 11.9. The third kappa shape index (κ3) is 5.21. The van der Waals surface area contributed by atoms with Crippen molar-refractivity contribution in [2.75, 3.05) is 13.6 Å². The summed E-state index contributed by atoms with van der Waals surface area (Å²) in [4.78, 5) is 0. The lowest BCUT2D eigenvalue weighted by Gasteiger charge is -2.00. The summed E-state index contributed by atoms with van der Waals surface area (Å²) in [5, 5.41) is 3.05. The molecule has 0 rings (SSSR count). The predicted molar refractivity (Wildman–Crippen MR) is 60.8 cm³/mol. The van der Waals surface area contributed by atoms with Gasteiger partial charge in [-0.15, -0.1) is 0 Å². The Hall–Kier alpha value is -1.08. The van der Waals surface area contributed by atoms with Crippen LogP contribution in [0.2, 0.25) is 0 Å². The van der Waals surface area contributed by atoms with Gasteiger partial charge in [0.1, 0.15) is 0 Å². The normalized spacial score (nSPS) is 12.1. The zero-order valence-electron chi connectivity index (χ0n) is 8.85. The molecule has 13 heavy (non-hydrogen) atoms. The molecule has 0 aliphatic heterocycles. The summed E-state index contributed by atoms with van der Waals surface area (Å²) in [5.74, 6) is 0. The highest BCUT2D eigenvalue weighted by Crippen LogP contribution is 2.08. The van der Waals surface area contributed by atoms with Crippen molar-refractivity contribution in [1.82, 2.24) is 5.32 Å². The van der Waals surface area contributed by atoms with Gasteiger partial charge in [0, 0.05) is 6.54 Å².